The topological polar surface area (TPSA) is 93.6 Å². The van der Waals surface area contributed by atoms with Crippen LogP contribution in [0.2, 0.25) is 0 Å². The molecule has 3 rings (SSSR count). The van der Waals surface area contributed by atoms with Crippen LogP contribution in [0.5, 0.6) is 0 Å². The van der Waals surface area contributed by atoms with Crippen LogP contribution < -0.4 is 5.73 Å². The van der Waals surface area contributed by atoms with Gasteiger partial charge in [0, 0.05) is 31.3 Å². The molecule has 130 valence electrons. The zero-order valence-electron chi connectivity index (χ0n) is 13.1. The second kappa shape index (κ2) is 6.96. The van der Waals surface area contributed by atoms with Gasteiger partial charge in [0.1, 0.15) is 0 Å². The third kappa shape index (κ3) is 3.63. The lowest BCUT2D eigenvalue weighted by atomic mass is 9.95. The van der Waals surface area contributed by atoms with Gasteiger partial charge in [0.05, 0.1) is 0 Å². The number of hydrogen-bond acceptors (Lipinski definition) is 5. The Morgan fingerprint density at radius 2 is 1.83 bits per heavy atom. The minimum absolute atomic E-state index is 0. The second-order valence-electron chi connectivity index (χ2n) is 5.78. The summed E-state index contributed by atoms with van der Waals surface area (Å²) in [6.45, 7) is 0.895. The first-order chi connectivity index (χ1) is 10.9. The van der Waals surface area contributed by atoms with E-state index < -0.39 is 9.84 Å². The van der Waals surface area contributed by atoms with E-state index in [1.54, 1.807) is 4.90 Å². The average molecular weight is 371 g/mol. The van der Waals surface area contributed by atoms with Crippen LogP contribution in [-0.4, -0.2) is 44.6 Å². The van der Waals surface area contributed by atoms with E-state index in [-0.39, 0.29) is 41.1 Å². The molecule has 1 saturated heterocycles. The largest absolute Gasteiger partial charge is 0.440 e. The molecule has 0 bridgehead atoms. The maximum atomic E-state index is 12.5. The van der Waals surface area contributed by atoms with Crippen LogP contribution in [0.4, 0.5) is 0 Å². The van der Waals surface area contributed by atoms with Gasteiger partial charge >= 0.3 is 0 Å². The highest BCUT2D eigenvalue weighted by molar-refractivity contribution is 7.90. The molecule has 1 fully saturated rings. The van der Waals surface area contributed by atoms with E-state index in [4.69, 9.17) is 10.2 Å². The van der Waals surface area contributed by atoms with Gasteiger partial charge in [-0.1, -0.05) is 30.3 Å². The monoisotopic (exact) mass is 370 g/mol. The summed E-state index contributed by atoms with van der Waals surface area (Å²) in [7, 11) is -3.47. The standard InChI is InChI=1S/C16H18N2O4S.ClH/c1-23(20,21)15-8-7-14(22-15)16(19)18-9-12(13(17)10-18)11-5-3-2-4-6-11;/h2-8,12-13H,9-10,17H2,1H3;1H/t12-,13+;/m0./s1. The number of likely N-dealkylation sites (tertiary alicyclic amines) is 1. The molecule has 0 aliphatic carbocycles. The highest BCUT2D eigenvalue weighted by atomic mass is 35.5. The van der Waals surface area contributed by atoms with Crippen molar-refractivity contribution in [3.8, 4) is 0 Å². The van der Waals surface area contributed by atoms with Gasteiger partial charge in [0.25, 0.3) is 5.91 Å². The van der Waals surface area contributed by atoms with Crippen molar-refractivity contribution in [3.05, 3.63) is 53.8 Å². The molecule has 1 amide bonds. The molecule has 2 N–H and O–H groups in total. The van der Waals surface area contributed by atoms with Gasteiger partial charge in [-0.2, -0.15) is 0 Å². The van der Waals surface area contributed by atoms with E-state index in [1.807, 2.05) is 30.3 Å². The summed E-state index contributed by atoms with van der Waals surface area (Å²) < 4.78 is 28.1. The third-order valence-corrected chi connectivity index (χ3v) is 4.99. The molecular formula is C16H19ClN2O4S. The Hall–Kier alpha value is -1.83. The number of rotatable bonds is 3. The van der Waals surface area contributed by atoms with Gasteiger partial charge in [-0.3, -0.25) is 4.79 Å². The molecule has 6 nitrogen and oxygen atoms in total. The van der Waals surface area contributed by atoms with Crippen LogP contribution in [0.25, 0.3) is 0 Å². The molecule has 1 aromatic heterocycles. The summed E-state index contributed by atoms with van der Waals surface area (Å²) in [5, 5.41) is -0.205. The Morgan fingerprint density at radius 3 is 2.42 bits per heavy atom. The normalized spacial score (nSPS) is 20.7. The summed E-state index contributed by atoms with van der Waals surface area (Å²) in [4.78, 5) is 14.1. The Morgan fingerprint density at radius 1 is 1.17 bits per heavy atom. The molecule has 0 spiro atoms. The molecule has 0 radical (unpaired) electrons. The van der Waals surface area contributed by atoms with Gasteiger partial charge in [-0.25, -0.2) is 8.42 Å². The number of amides is 1. The SMILES string of the molecule is CS(=O)(=O)c1ccc(C(=O)N2C[C@@H](N)[C@H](c3ccccc3)C2)o1.Cl. The maximum Gasteiger partial charge on any atom is 0.289 e. The Balaban J connectivity index is 0.00000208. The first-order valence-corrected chi connectivity index (χ1v) is 9.15. The van der Waals surface area contributed by atoms with E-state index in [2.05, 4.69) is 0 Å². The summed E-state index contributed by atoms with van der Waals surface area (Å²) in [5.74, 6) is -0.260. The fourth-order valence-electron chi connectivity index (χ4n) is 2.84. The van der Waals surface area contributed by atoms with Crippen molar-refractivity contribution in [1.82, 2.24) is 4.90 Å². The van der Waals surface area contributed by atoms with Crippen LogP contribution in [0.3, 0.4) is 0 Å². The first kappa shape index (κ1) is 18.5. The molecule has 2 heterocycles. The zero-order chi connectivity index (χ0) is 16.6. The van der Waals surface area contributed by atoms with Crippen LogP contribution >= 0.6 is 12.4 Å². The van der Waals surface area contributed by atoms with Gasteiger partial charge in [0.15, 0.2) is 5.76 Å². The van der Waals surface area contributed by atoms with E-state index in [0.717, 1.165) is 11.8 Å². The van der Waals surface area contributed by atoms with Crippen molar-refractivity contribution in [2.75, 3.05) is 19.3 Å². The molecule has 0 saturated carbocycles. The van der Waals surface area contributed by atoms with Crippen molar-refractivity contribution >= 4 is 28.2 Å². The number of sulfone groups is 1. The zero-order valence-corrected chi connectivity index (χ0v) is 14.7. The number of benzene rings is 1. The van der Waals surface area contributed by atoms with Crippen molar-refractivity contribution in [3.63, 3.8) is 0 Å². The van der Waals surface area contributed by atoms with Crippen LogP contribution in [0.1, 0.15) is 22.0 Å². The van der Waals surface area contributed by atoms with Crippen molar-refractivity contribution < 1.29 is 17.6 Å². The fraction of sp³-hybridized carbons (Fsp3) is 0.312. The van der Waals surface area contributed by atoms with Crippen molar-refractivity contribution in [2.45, 2.75) is 17.1 Å². The summed E-state index contributed by atoms with van der Waals surface area (Å²) in [6.07, 6.45) is 1.04. The Labute approximate surface area is 147 Å². The highest BCUT2D eigenvalue weighted by Crippen LogP contribution is 2.28. The lowest BCUT2D eigenvalue weighted by Crippen LogP contribution is -2.32. The molecule has 0 unspecified atom stereocenters. The Bertz CT molecular complexity index is 820. The predicted octanol–water partition coefficient (Wildman–Crippen LogP) is 1.67. The van der Waals surface area contributed by atoms with E-state index >= 15 is 0 Å². The number of furan rings is 1. The molecule has 1 aliphatic heterocycles. The van der Waals surface area contributed by atoms with E-state index in [1.165, 1.54) is 12.1 Å². The maximum absolute atomic E-state index is 12.5. The van der Waals surface area contributed by atoms with Crippen LogP contribution in [0.15, 0.2) is 52.0 Å². The lowest BCUT2D eigenvalue weighted by Gasteiger charge is -2.15. The van der Waals surface area contributed by atoms with Gasteiger partial charge in [0.2, 0.25) is 14.9 Å². The molecule has 8 heteroatoms. The smallest absolute Gasteiger partial charge is 0.289 e. The molecule has 1 aromatic carbocycles. The summed E-state index contributed by atoms with van der Waals surface area (Å²) in [5.41, 5.74) is 7.26. The number of nitrogens with zero attached hydrogens (tertiary/aromatic N) is 1. The van der Waals surface area contributed by atoms with E-state index in [0.29, 0.717) is 13.1 Å². The van der Waals surface area contributed by atoms with Gasteiger partial charge in [-0.15, -0.1) is 12.4 Å². The summed E-state index contributed by atoms with van der Waals surface area (Å²) in [6, 6.07) is 12.3. The second-order valence-corrected chi connectivity index (χ2v) is 7.73. The quantitative estimate of drug-likeness (QED) is 0.887. The molecule has 2 atom stereocenters. The number of hydrogen-bond donors (Lipinski definition) is 1. The minimum atomic E-state index is -3.47. The average Bonchev–Trinajstić information content (AvgIpc) is 3.14. The van der Waals surface area contributed by atoms with Gasteiger partial charge in [-0.05, 0) is 17.7 Å². The lowest BCUT2D eigenvalue weighted by molar-refractivity contribution is 0.0752. The molecule has 24 heavy (non-hydrogen) atoms. The van der Waals surface area contributed by atoms with Crippen LogP contribution in [-0.2, 0) is 9.84 Å². The van der Waals surface area contributed by atoms with E-state index in [9.17, 15) is 13.2 Å². The number of halogens is 1. The fourth-order valence-corrected chi connectivity index (χ4v) is 3.39. The Kier molecular flexibility index (Phi) is 5.37. The molecule has 2 aromatic rings. The molecule has 1 aliphatic rings. The minimum Gasteiger partial charge on any atom is -0.440 e. The number of carbonyl (C=O) groups excluding carboxylic acids is 1. The number of nitrogens with two attached hydrogens (primary N) is 1. The highest BCUT2D eigenvalue weighted by Gasteiger charge is 2.35. The molecular weight excluding hydrogens is 352 g/mol. The first-order valence-electron chi connectivity index (χ1n) is 7.26. The third-order valence-electron chi connectivity index (χ3n) is 4.04. The van der Waals surface area contributed by atoms with Gasteiger partial charge < -0.3 is 15.1 Å². The number of carbonyl (C=O) groups is 1. The van der Waals surface area contributed by atoms with Crippen LogP contribution in [0, 0.1) is 0 Å². The van der Waals surface area contributed by atoms with Crippen molar-refractivity contribution in [2.24, 2.45) is 5.73 Å². The summed E-state index contributed by atoms with van der Waals surface area (Å²) >= 11 is 0. The van der Waals surface area contributed by atoms with Crippen molar-refractivity contribution in [1.29, 1.82) is 0 Å². The predicted molar refractivity (Wildman–Crippen MR) is 92.1 cm³/mol.